The van der Waals surface area contributed by atoms with E-state index in [1.165, 1.54) is 23.0 Å². The van der Waals surface area contributed by atoms with Crippen molar-refractivity contribution in [3.8, 4) is 28.8 Å². The van der Waals surface area contributed by atoms with Gasteiger partial charge in [0.05, 0.1) is 47.7 Å². The number of nitriles is 1. The fourth-order valence-electron chi connectivity index (χ4n) is 5.07. The number of ether oxygens (including phenoxy) is 1. The van der Waals surface area contributed by atoms with Gasteiger partial charge in [-0.1, -0.05) is 12.1 Å². The molecule has 0 atom stereocenters. The predicted molar refractivity (Wildman–Crippen MR) is 172 cm³/mol. The molecule has 0 unspecified atom stereocenters. The minimum absolute atomic E-state index is 0.150. The van der Waals surface area contributed by atoms with E-state index in [2.05, 4.69) is 26.6 Å². The molecule has 46 heavy (non-hydrogen) atoms. The lowest BCUT2D eigenvalue weighted by atomic mass is 9.85. The highest BCUT2D eigenvalue weighted by Crippen LogP contribution is 2.32. The van der Waals surface area contributed by atoms with Crippen molar-refractivity contribution in [2.45, 2.75) is 52.2 Å². The fourth-order valence-corrected chi connectivity index (χ4v) is 5.07. The van der Waals surface area contributed by atoms with Crippen molar-refractivity contribution in [3.63, 3.8) is 0 Å². The Bertz CT molecular complexity index is 2110. The Morgan fingerprint density at radius 1 is 1.11 bits per heavy atom. The van der Waals surface area contributed by atoms with Crippen molar-refractivity contribution in [1.82, 2.24) is 19.7 Å². The molecule has 0 radical (unpaired) electrons. The number of anilines is 2. The van der Waals surface area contributed by atoms with Crippen LogP contribution in [0.4, 0.5) is 15.9 Å². The first kappa shape index (κ1) is 32.0. The van der Waals surface area contributed by atoms with Crippen LogP contribution in [0.15, 0.2) is 70.5 Å². The molecule has 0 fully saturated rings. The van der Waals surface area contributed by atoms with Crippen molar-refractivity contribution in [2.24, 2.45) is 0 Å². The van der Waals surface area contributed by atoms with Gasteiger partial charge in [-0.25, -0.2) is 14.5 Å². The zero-order chi connectivity index (χ0) is 33.4. The molecule has 5 aromatic rings. The molecular formula is C34H33FN6O5. The van der Waals surface area contributed by atoms with Crippen LogP contribution in [0, 0.1) is 24.1 Å². The van der Waals surface area contributed by atoms with Crippen molar-refractivity contribution in [2.75, 3.05) is 11.9 Å². The summed E-state index contributed by atoms with van der Waals surface area (Å²) < 4.78 is 22.3. The highest BCUT2D eigenvalue weighted by atomic mass is 19.1. The number of aromatic nitrogens is 4. The summed E-state index contributed by atoms with van der Waals surface area (Å²) in [6, 6.07) is 14.8. The summed E-state index contributed by atoms with van der Waals surface area (Å²) in [6.07, 6.45) is 2.96. The number of aromatic amines is 1. The van der Waals surface area contributed by atoms with Gasteiger partial charge in [0, 0.05) is 22.9 Å². The van der Waals surface area contributed by atoms with Crippen molar-refractivity contribution >= 4 is 22.3 Å². The lowest BCUT2D eigenvalue weighted by molar-refractivity contribution is 0.0410. The normalized spacial score (nSPS) is 11.8. The van der Waals surface area contributed by atoms with Gasteiger partial charge in [-0.15, -0.1) is 0 Å². The van der Waals surface area contributed by atoms with E-state index in [9.17, 15) is 25.1 Å². The number of pyridine rings is 2. The maximum Gasteiger partial charge on any atom is 0.288 e. The third-order valence-corrected chi connectivity index (χ3v) is 7.77. The van der Waals surface area contributed by atoms with Crippen LogP contribution in [-0.2, 0) is 12.0 Å². The smallest absolute Gasteiger partial charge is 0.288 e. The molecule has 12 heteroatoms. The molecule has 3 aromatic heterocycles. The standard InChI is InChI=1S/C34H33FN6O5/c1-19-29(39-40-31(44)30(19)38-27-10-9-22(15-37-27)46-34(4,5)18-43)23-7-6-8-26(24(23)16-42)41-12-11-20-13-21(33(2,3)17-36)14-25(35)28(20)32(41)45/h6-15,42-43H,16,18H2,1-5H3,(H,40,44)(H,37,38,39). The van der Waals surface area contributed by atoms with Crippen molar-refractivity contribution in [1.29, 1.82) is 5.26 Å². The number of hydrogen-bond acceptors (Lipinski definition) is 9. The van der Waals surface area contributed by atoms with Gasteiger partial charge in [0.1, 0.15) is 28.7 Å². The van der Waals surface area contributed by atoms with Crippen LogP contribution in [-0.4, -0.2) is 42.2 Å². The average molecular weight is 625 g/mol. The second-order valence-electron chi connectivity index (χ2n) is 12.0. The Kier molecular flexibility index (Phi) is 8.49. The SMILES string of the molecule is Cc1c(-c2cccc(-n3ccc4cc(C(C)(C)C#N)cc(F)c4c3=O)c2CO)n[nH]c(=O)c1Nc1ccc(OC(C)(C)CO)cn1. The number of benzene rings is 2. The number of nitrogens with one attached hydrogen (secondary N) is 2. The first-order valence-corrected chi connectivity index (χ1v) is 14.4. The van der Waals surface area contributed by atoms with E-state index in [0.29, 0.717) is 50.6 Å². The van der Waals surface area contributed by atoms with E-state index in [-0.39, 0.29) is 17.7 Å². The number of hydrogen-bond donors (Lipinski definition) is 4. The van der Waals surface area contributed by atoms with E-state index < -0.39 is 34.6 Å². The molecule has 236 valence electrons. The molecule has 0 aliphatic heterocycles. The van der Waals surface area contributed by atoms with E-state index in [1.54, 1.807) is 77.1 Å². The van der Waals surface area contributed by atoms with Gasteiger partial charge >= 0.3 is 0 Å². The fraction of sp³-hybridized carbons (Fsp3) is 0.265. The number of nitrogens with zero attached hydrogens (tertiary/aromatic N) is 4. The highest BCUT2D eigenvalue weighted by molar-refractivity contribution is 5.84. The molecule has 0 aliphatic carbocycles. The Hall–Kier alpha value is -5.38. The summed E-state index contributed by atoms with van der Waals surface area (Å²) in [5, 5.41) is 39.4. The molecule has 0 amide bonds. The summed E-state index contributed by atoms with van der Waals surface area (Å²) in [5.74, 6) is 0.0310. The van der Waals surface area contributed by atoms with E-state index in [1.807, 2.05) is 0 Å². The Labute approximate surface area is 263 Å². The molecule has 0 aliphatic rings. The van der Waals surface area contributed by atoms with Crippen LogP contribution in [0.5, 0.6) is 5.75 Å². The minimum Gasteiger partial charge on any atom is -0.484 e. The van der Waals surface area contributed by atoms with Gasteiger partial charge in [0.2, 0.25) is 0 Å². The van der Waals surface area contributed by atoms with Crippen molar-refractivity contribution < 1.29 is 19.3 Å². The number of halogens is 1. The van der Waals surface area contributed by atoms with Crippen LogP contribution in [0.2, 0.25) is 0 Å². The van der Waals surface area contributed by atoms with E-state index >= 15 is 4.39 Å². The van der Waals surface area contributed by atoms with Crippen LogP contribution in [0.3, 0.4) is 0 Å². The third kappa shape index (κ3) is 5.98. The second kappa shape index (κ2) is 12.2. The largest absolute Gasteiger partial charge is 0.484 e. The Balaban J connectivity index is 1.56. The Morgan fingerprint density at radius 3 is 2.52 bits per heavy atom. The summed E-state index contributed by atoms with van der Waals surface area (Å²) in [5.41, 5.74) is -0.435. The Morgan fingerprint density at radius 2 is 1.87 bits per heavy atom. The van der Waals surface area contributed by atoms with Gasteiger partial charge in [-0.05, 0) is 82.0 Å². The average Bonchev–Trinajstić information content (AvgIpc) is 3.03. The van der Waals surface area contributed by atoms with Crippen LogP contribution in [0.1, 0.15) is 44.4 Å². The highest BCUT2D eigenvalue weighted by Gasteiger charge is 2.24. The van der Waals surface area contributed by atoms with E-state index in [4.69, 9.17) is 4.74 Å². The minimum atomic E-state index is -0.955. The lowest BCUT2D eigenvalue weighted by Gasteiger charge is -2.23. The quantitative estimate of drug-likeness (QED) is 0.181. The molecular weight excluding hydrogens is 591 g/mol. The predicted octanol–water partition coefficient (Wildman–Crippen LogP) is 4.77. The van der Waals surface area contributed by atoms with Crippen LogP contribution >= 0.6 is 0 Å². The zero-order valence-corrected chi connectivity index (χ0v) is 26.0. The molecule has 2 aromatic carbocycles. The monoisotopic (exact) mass is 624 g/mol. The van der Waals surface area contributed by atoms with Gasteiger partial charge in [0.15, 0.2) is 0 Å². The first-order chi connectivity index (χ1) is 21.8. The number of rotatable bonds is 9. The summed E-state index contributed by atoms with van der Waals surface area (Å²) in [4.78, 5) is 30.8. The molecule has 3 heterocycles. The van der Waals surface area contributed by atoms with Gasteiger partial charge < -0.3 is 20.3 Å². The lowest BCUT2D eigenvalue weighted by Crippen LogP contribution is -2.32. The topological polar surface area (TPSA) is 166 Å². The number of fused-ring (bicyclic) bond motifs is 1. The molecule has 5 rings (SSSR count). The third-order valence-electron chi connectivity index (χ3n) is 7.77. The van der Waals surface area contributed by atoms with Gasteiger partial charge in [-0.3, -0.25) is 14.2 Å². The van der Waals surface area contributed by atoms with E-state index in [0.717, 1.165) is 0 Å². The van der Waals surface area contributed by atoms with Crippen molar-refractivity contribution in [3.05, 3.63) is 104 Å². The number of aliphatic hydroxyl groups excluding tert-OH is 2. The summed E-state index contributed by atoms with van der Waals surface area (Å²) in [7, 11) is 0. The zero-order valence-electron chi connectivity index (χ0n) is 26.0. The molecule has 0 spiro atoms. The first-order valence-electron chi connectivity index (χ1n) is 14.4. The molecule has 4 N–H and O–H groups in total. The molecule has 0 bridgehead atoms. The second-order valence-corrected chi connectivity index (χ2v) is 12.0. The molecule has 0 saturated heterocycles. The van der Waals surface area contributed by atoms with Crippen LogP contribution in [0.25, 0.3) is 27.7 Å². The molecule has 0 saturated carbocycles. The number of aliphatic hydroxyl groups is 2. The van der Waals surface area contributed by atoms with Crippen LogP contribution < -0.4 is 21.2 Å². The molecule has 11 nitrogen and oxygen atoms in total. The maximum atomic E-state index is 15.4. The summed E-state index contributed by atoms with van der Waals surface area (Å²) in [6.45, 7) is 7.82. The number of H-pyrrole nitrogens is 1. The van der Waals surface area contributed by atoms with Gasteiger partial charge in [0.25, 0.3) is 11.1 Å². The van der Waals surface area contributed by atoms with Gasteiger partial charge in [-0.2, -0.15) is 10.4 Å². The maximum absolute atomic E-state index is 15.4. The summed E-state index contributed by atoms with van der Waals surface area (Å²) >= 11 is 0.